The molecule has 2 rings (SSSR count). The molecule has 0 aliphatic heterocycles. The summed E-state index contributed by atoms with van der Waals surface area (Å²) in [7, 11) is -2.95. The van der Waals surface area contributed by atoms with Gasteiger partial charge >= 0.3 is 0 Å². The molecule has 100 valence electrons. The van der Waals surface area contributed by atoms with Gasteiger partial charge < -0.3 is 5.73 Å². The number of nitrogen functional groups attached to an aromatic ring is 1. The van der Waals surface area contributed by atoms with E-state index >= 15 is 0 Å². The summed E-state index contributed by atoms with van der Waals surface area (Å²) in [4.78, 5) is 0. The SMILES string of the molecule is CCS(=O)(=O)CC1(c2ccc(N)cc2)CCCC1. The average Bonchev–Trinajstić information content (AvgIpc) is 2.79. The first-order valence-corrected chi connectivity index (χ1v) is 8.36. The summed E-state index contributed by atoms with van der Waals surface area (Å²) in [6.07, 6.45) is 4.17. The molecule has 18 heavy (non-hydrogen) atoms. The number of rotatable bonds is 4. The van der Waals surface area contributed by atoms with Gasteiger partial charge in [0.15, 0.2) is 9.84 Å². The molecule has 0 saturated heterocycles. The van der Waals surface area contributed by atoms with E-state index in [1.807, 2.05) is 24.3 Å². The van der Waals surface area contributed by atoms with Gasteiger partial charge in [0.2, 0.25) is 0 Å². The fourth-order valence-electron chi connectivity index (χ4n) is 2.93. The topological polar surface area (TPSA) is 60.2 Å². The Morgan fingerprint density at radius 2 is 1.72 bits per heavy atom. The van der Waals surface area contributed by atoms with Gasteiger partial charge in [-0.05, 0) is 30.5 Å². The molecule has 0 radical (unpaired) electrons. The van der Waals surface area contributed by atoms with Gasteiger partial charge in [0.1, 0.15) is 0 Å². The first-order chi connectivity index (χ1) is 8.47. The largest absolute Gasteiger partial charge is 0.399 e. The minimum atomic E-state index is -2.95. The van der Waals surface area contributed by atoms with Crippen molar-refractivity contribution in [3.8, 4) is 0 Å². The van der Waals surface area contributed by atoms with Crippen molar-refractivity contribution >= 4 is 15.5 Å². The standard InChI is InChI=1S/C14H21NO2S/c1-2-18(16,17)11-14(9-3-4-10-14)12-5-7-13(15)8-6-12/h5-8H,2-4,9-11,15H2,1H3. The summed E-state index contributed by atoms with van der Waals surface area (Å²) in [6, 6.07) is 7.72. The molecule has 1 aromatic carbocycles. The molecule has 1 aliphatic rings. The van der Waals surface area contributed by atoms with Crippen LogP contribution >= 0.6 is 0 Å². The minimum Gasteiger partial charge on any atom is -0.399 e. The highest BCUT2D eigenvalue weighted by Gasteiger charge is 2.39. The molecule has 0 atom stereocenters. The number of nitrogens with two attached hydrogens (primary N) is 1. The van der Waals surface area contributed by atoms with Crippen LogP contribution in [0.2, 0.25) is 0 Å². The maximum Gasteiger partial charge on any atom is 0.150 e. The average molecular weight is 267 g/mol. The molecule has 4 heteroatoms. The molecule has 1 saturated carbocycles. The van der Waals surface area contributed by atoms with E-state index in [1.165, 1.54) is 0 Å². The third-order valence-electron chi connectivity index (χ3n) is 4.02. The van der Waals surface area contributed by atoms with Crippen LogP contribution in [0.25, 0.3) is 0 Å². The predicted octanol–water partition coefficient (Wildman–Crippen LogP) is 2.52. The van der Waals surface area contributed by atoms with Crippen LogP contribution in [0.1, 0.15) is 38.2 Å². The summed E-state index contributed by atoms with van der Waals surface area (Å²) >= 11 is 0. The van der Waals surface area contributed by atoms with E-state index in [-0.39, 0.29) is 16.9 Å². The van der Waals surface area contributed by atoms with Crippen molar-refractivity contribution in [2.75, 3.05) is 17.2 Å². The van der Waals surface area contributed by atoms with Crippen molar-refractivity contribution in [2.24, 2.45) is 0 Å². The van der Waals surface area contributed by atoms with Gasteiger partial charge in [-0.15, -0.1) is 0 Å². The van der Waals surface area contributed by atoms with Gasteiger partial charge in [0.25, 0.3) is 0 Å². The van der Waals surface area contributed by atoms with Gasteiger partial charge in [-0.3, -0.25) is 0 Å². The smallest absolute Gasteiger partial charge is 0.150 e. The van der Waals surface area contributed by atoms with Gasteiger partial charge in [-0.2, -0.15) is 0 Å². The third kappa shape index (κ3) is 2.69. The molecule has 0 amide bonds. The second-order valence-corrected chi connectivity index (χ2v) is 7.64. The normalized spacial score (nSPS) is 18.9. The Morgan fingerprint density at radius 3 is 2.22 bits per heavy atom. The van der Waals surface area contributed by atoms with E-state index in [4.69, 9.17) is 5.73 Å². The lowest BCUT2D eigenvalue weighted by atomic mass is 9.81. The molecular formula is C14H21NO2S. The Kier molecular flexibility index (Phi) is 3.66. The summed E-state index contributed by atoms with van der Waals surface area (Å²) in [5.41, 5.74) is 7.38. The highest BCUT2D eigenvalue weighted by Crippen LogP contribution is 2.42. The molecule has 3 nitrogen and oxygen atoms in total. The first kappa shape index (κ1) is 13.4. The summed E-state index contributed by atoms with van der Waals surface area (Å²) in [6.45, 7) is 1.72. The zero-order valence-electron chi connectivity index (χ0n) is 10.9. The lowest BCUT2D eigenvalue weighted by Crippen LogP contribution is -2.32. The van der Waals surface area contributed by atoms with Crippen molar-refractivity contribution in [2.45, 2.75) is 38.0 Å². The van der Waals surface area contributed by atoms with Crippen LogP contribution in [0.15, 0.2) is 24.3 Å². The van der Waals surface area contributed by atoms with Crippen molar-refractivity contribution in [3.63, 3.8) is 0 Å². The van der Waals surface area contributed by atoms with Gasteiger partial charge in [-0.1, -0.05) is 31.9 Å². The summed E-state index contributed by atoms with van der Waals surface area (Å²) < 4.78 is 24.0. The number of hydrogen-bond donors (Lipinski definition) is 1. The molecule has 0 bridgehead atoms. The number of anilines is 1. The minimum absolute atomic E-state index is 0.178. The van der Waals surface area contributed by atoms with Gasteiger partial charge in [-0.25, -0.2) is 8.42 Å². The highest BCUT2D eigenvalue weighted by atomic mass is 32.2. The van der Waals surface area contributed by atoms with Crippen molar-refractivity contribution in [3.05, 3.63) is 29.8 Å². The van der Waals surface area contributed by atoms with E-state index < -0.39 is 9.84 Å². The van der Waals surface area contributed by atoms with Crippen molar-refractivity contribution in [1.82, 2.24) is 0 Å². The van der Waals surface area contributed by atoms with Crippen LogP contribution in [0.5, 0.6) is 0 Å². The first-order valence-electron chi connectivity index (χ1n) is 6.54. The quantitative estimate of drug-likeness (QED) is 0.853. The van der Waals surface area contributed by atoms with Crippen LogP contribution in [0.3, 0.4) is 0 Å². The Balaban J connectivity index is 2.35. The van der Waals surface area contributed by atoms with Crippen LogP contribution in [0, 0.1) is 0 Å². The van der Waals surface area contributed by atoms with Crippen molar-refractivity contribution in [1.29, 1.82) is 0 Å². The fraction of sp³-hybridized carbons (Fsp3) is 0.571. The molecule has 0 unspecified atom stereocenters. The van der Waals surface area contributed by atoms with Crippen LogP contribution in [-0.4, -0.2) is 19.9 Å². The fourth-order valence-corrected chi connectivity index (χ4v) is 4.43. The van der Waals surface area contributed by atoms with Gasteiger partial charge in [0.05, 0.1) is 5.75 Å². The number of sulfone groups is 1. The summed E-state index contributed by atoms with van der Waals surface area (Å²) in [5.74, 6) is 0.504. The monoisotopic (exact) mass is 267 g/mol. The zero-order valence-corrected chi connectivity index (χ0v) is 11.7. The van der Waals surface area contributed by atoms with Crippen LogP contribution < -0.4 is 5.73 Å². The predicted molar refractivity (Wildman–Crippen MR) is 75.3 cm³/mol. The Morgan fingerprint density at radius 1 is 1.17 bits per heavy atom. The second kappa shape index (κ2) is 4.92. The molecule has 2 N–H and O–H groups in total. The molecule has 0 spiro atoms. The van der Waals surface area contributed by atoms with E-state index in [0.717, 1.165) is 36.9 Å². The molecular weight excluding hydrogens is 246 g/mol. The molecule has 1 aromatic rings. The number of hydrogen-bond acceptors (Lipinski definition) is 3. The van der Waals surface area contributed by atoms with E-state index in [1.54, 1.807) is 6.92 Å². The zero-order chi connectivity index (χ0) is 13.2. The van der Waals surface area contributed by atoms with E-state index in [9.17, 15) is 8.42 Å². The maximum atomic E-state index is 12.0. The molecule has 1 fully saturated rings. The Bertz CT molecular complexity index is 499. The third-order valence-corrected chi connectivity index (χ3v) is 5.89. The molecule has 0 heterocycles. The highest BCUT2D eigenvalue weighted by molar-refractivity contribution is 7.91. The Labute approximate surface area is 109 Å². The molecule has 0 aromatic heterocycles. The van der Waals surface area contributed by atoms with Crippen LogP contribution in [-0.2, 0) is 15.3 Å². The van der Waals surface area contributed by atoms with E-state index in [2.05, 4.69) is 0 Å². The lowest BCUT2D eigenvalue weighted by molar-refractivity contribution is 0.482. The Hall–Kier alpha value is -1.03. The van der Waals surface area contributed by atoms with Gasteiger partial charge in [0, 0.05) is 16.9 Å². The molecule has 1 aliphatic carbocycles. The summed E-state index contributed by atoms with van der Waals surface area (Å²) in [5, 5.41) is 0. The van der Waals surface area contributed by atoms with Crippen molar-refractivity contribution < 1.29 is 8.42 Å². The number of benzene rings is 1. The second-order valence-electron chi connectivity index (χ2n) is 5.29. The van der Waals surface area contributed by atoms with Crippen LogP contribution in [0.4, 0.5) is 5.69 Å². The lowest BCUT2D eigenvalue weighted by Gasteiger charge is -2.29. The maximum absolute atomic E-state index is 12.0. The van der Waals surface area contributed by atoms with E-state index in [0.29, 0.717) is 0 Å².